The molecule has 0 aromatic heterocycles. The topological polar surface area (TPSA) is 84.9 Å². The number of likely N-dealkylation sites (N-methyl/N-ethyl adjacent to an activating group) is 1. The van der Waals surface area contributed by atoms with Crippen molar-refractivity contribution in [3.63, 3.8) is 0 Å². The quantitative estimate of drug-likeness (QED) is 0.621. The Morgan fingerprint density at radius 2 is 2.00 bits per heavy atom. The number of amides is 1. The molecule has 0 aromatic rings. The Labute approximate surface area is 124 Å². The summed E-state index contributed by atoms with van der Waals surface area (Å²) in [4.78, 5) is 36.6. The fraction of sp³-hybridized carbons (Fsp3) is 0.786. The van der Waals surface area contributed by atoms with Gasteiger partial charge in [0.05, 0.1) is 26.2 Å². The zero-order valence-electron chi connectivity index (χ0n) is 12.9. The van der Waals surface area contributed by atoms with Crippen molar-refractivity contribution >= 4 is 17.7 Å². The highest BCUT2D eigenvalue weighted by molar-refractivity contribution is 5.90. The highest BCUT2D eigenvalue weighted by Gasteiger charge is 2.37. The second kappa shape index (κ2) is 8.74. The van der Waals surface area contributed by atoms with Gasteiger partial charge in [-0.25, -0.2) is 0 Å². The molecule has 1 saturated heterocycles. The Kier molecular flexibility index (Phi) is 7.31. The summed E-state index contributed by atoms with van der Waals surface area (Å²) in [7, 11) is 3.14. The fourth-order valence-electron chi connectivity index (χ4n) is 2.39. The van der Waals surface area contributed by atoms with Gasteiger partial charge in [-0.15, -0.1) is 0 Å². The fourth-order valence-corrected chi connectivity index (χ4v) is 2.39. The molecule has 2 atom stereocenters. The summed E-state index contributed by atoms with van der Waals surface area (Å²) in [5.41, 5.74) is 0. The van der Waals surface area contributed by atoms with Crippen LogP contribution in [0.15, 0.2) is 0 Å². The summed E-state index contributed by atoms with van der Waals surface area (Å²) >= 11 is 0. The molecule has 0 aromatic carbocycles. The molecule has 21 heavy (non-hydrogen) atoms. The van der Waals surface area contributed by atoms with E-state index in [4.69, 9.17) is 4.74 Å². The van der Waals surface area contributed by atoms with E-state index < -0.39 is 5.97 Å². The molecule has 0 spiro atoms. The first-order chi connectivity index (χ1) is 9.99. The zero-order chi connectivity index (χ0) is 15.8. The smallest absolute Gasteiger partial charge is 0.305 e. The van der Waals surface area contributed by atoms with Crippen molar-refractivity contribution in [1.82, 2.24) is 10.2 Å². The summed E-state index contributed by atoms with van der Waals surface area (Å²) in [6, 6.07) is -0.363. The third kappa shape index (κ3) is 5.43. The van der Waals surface area contributed by atoms with Gasteiger partial charge in [-0.3, -0.25) is 19.3 Å². The number of ether oxygens (including phenoxy) is 2. The molecule has 1 fully saturated rings. The van der Waals surface area contributed by atoms with Gasteiger partial charge in [0.25, 0.3) is 0 Å². The molecule has 1 N–H and O–H groups in total. The molecule has 7 nitrogen and oxygen atoms in total. The lowest BCUT2D eigenvalue weighted by Crippen LogP contribution is -2.48. The second-order valence-electron chi connectivity index (χ2n) is 5.04. The Morgan fingerprint density at radius 1 is 1.29 bits per heavy atom. The Morgan fingerprint density at radius 3 is 2.62 bits per heavy atom. The van der Waals surface area contributed by atoms with Crippen LogP contribution in [0.2, 0.25) is 0 Å². The molecule has 1 heterocycles. The molecule has 0 unspecified atom stereocenters. The van der Waals surface area contributed by atoms with Gasteiger partial charge in [0.15, 0.2) is 5.78 Å². The highest BCUT2D eigenvalue weighted by atomic mass is 16.5. The van der Waals surface area contributed by atoms with E-state index in [0.717, 1.165) is 13.0 Å². The van der Waals surface area contributed by atoms with Crippen LogP contribution in [0.25, 0.3) is 0 Å². The van der Waals surface area contributed by atoms with E-state index in [0.29, 0.717) is 6.61 Å². The van der Waals surface area contributed by atoms with Crippen molar-refractivity contribution in [1.29, 1.82) is 0 Å². The lowest BCUT2D eigenvalue weighted by molar-refractivity contribution is -0.141. The molecule has 0 radical (unpaired) electrons. The maximum Gasteiger partial charge on any atom is 0.305 e. The summed E-state index contributed by atoms with van der Waals surface area (Å²) in [6.07, 6.45) is 0.780. The molecule has 0 saturated carbocycles. The molecule has 1 aliphatic heterocycles. The van der Waals surface area contributed by atoms with Crippen LogP contribution in [0.3, 0.4) is 0 Å². The van der Waals surface area contributed by atoms with Gasteiger partial charge in [-0.1, -0.05) is 0 Å². The zero-order valence-corrected chi connectivity index (χ0v) is 12.9. The standard InChI is InChI=1S/C14H24N2O5/c1-4-21-11-7-8-16(2)13(11)14(19)15-9-10(17)5-6-12(18)20-3/h11,13H,4-9H2,1-3H3,(H,15,19)/t11-,13-/m0/s1. The minimum Gasteiger partial charge on any atom is -0.469 e. The van der Waals surface area contributed by atoms with Gasteiger partial charge in [-0.05, 0) is 20.4 Å². The Hall–Kier alpha value is -1.47. The summed E-state index contributed by atoms with van der Waals surface area (Å²) in [5, 5.41) is 2.62. The van der Waals surface area contributed by atoms with Gasteiger partial charge in [0, 0.05) is 19.6 Å². The molecule has 7 heteroatoms. The van der Waals surface area contributed by atoms with Crippen LogP contribution in [0.1, 0.15) is 26.2 Å². The minimum absolute atomic E-state index is 0.0378. The molecule has 1 amide bonds. The van der Waals surface area contributed by atoms with Crippen LogP contribution >= 0.6 is 0 Å². The highest BCUT2D eigenvalue weighted by Crippen LogP contribution is 2.19. The van der Waals surface area contributed by atoms with Crippen molar-refractivity contribution in [2.45, 2.75) is 38.3 Å². The van der Waals surface area contributed by atoms with E-state index in [2.05, 4.69) is 10.1 Å². The third-order valence-corrected chi connectivity index (χ3v) is 3.54. The minimum atomic E-state index is -0.429. The Balaban J connectivity index is 2.38. The average molecular weight is 300 g/mol. The number of carbonyl (C=O) groups excluding carboxylic acids is 3. The van der Waals surface area contributed by atoms with E-state index in [1.54, 1.807) is 0 Å². The van der Waals surface area contributed by atoms with E-state index in [1.807, 2.05) is 18.9 Å². The van der Waals surface area contributed by atoms with Crippen molar-refractivity contribution in [3.05, 3.63) is 0 Å². The number of rotatable bonds is 8. The summed E-state index contributed by atoms with van der Waals surface area (Å²) in [6.45, 7) is 3.17. The van der Waals surface area contributed by atoms with E-state index in [9.17, 15) is 14.4 Å². The largest absolute Gasteiger partial charge is 0.469 e. The predicted octanol–water partition coefficient (Wildman–Crippen LogP) is -0.266. The van der Waals surface area contributed by atoms with E-state index in [1.165, 1.54) is 7.11 Å². The number of methoxy groups -OCH3 is 1. The number of ketones is 1. The molecule has 1 rings (SSSR count). The van der Waals surface area contributed by atoms with Gasteiger partial charge in [-0.2, -0.15) is 0 Å². The number of nitrogens with zero attached hydrogens (tertiary/aromatic N) is 1. The first kappa shape index (κ1) is 17.6. The molecule has 0 bridgehead atoms. The number of likely N-dealkylation sites (tertiary alicyclic amines) is 1. The maximum atomic E-state index is 12.2. The molecule has 120 valence electrons. The van der Waals surface area contributed by atoms with Gasteiger partial charge in [0.1, 0.15) is 6.04 Å². The van der Waals surface area contributed by atoms with Crippen LogP contribution in [0, 0.1) is 0 Å². The van der Waals surface area contributed by atoms with Crippen LogP contribution in [-0.4, -0.2) is 68.6 Å². The van der Waals surface area contributed by atoms with Crippen LogP contribution < -0.4 is 5.32 Å². The van der Waals surface area contributed by atoms with Crippen molar-refractivity contribution in [2.75, 3.05) is 33.9 Å². The van der Waals surface area contributed by atoms with Gasteiger partial charge < -0.3 is 14.8 Å². The number of hydrogen-bond donors (Lipinski definition) is 1. The molecule has 0 aliphatic carbocycles. The summed E-state index contributed by atoms with van der Waals surface area (Å²) in [5.74, 6) is -0.830. The van der Waals surface area contributed by atoms with Crippen LogP contribution in [0.4, 0.5) is 0 Å². The number of nitrogens with one attached hydrogen (secondary N) is 1. The molecular formula is C14H24N2O5. The number of Topliss-reactive ketones (excluding diaryl/α,β-unsaturated/α-hetero) is 1. The normalized spacial score (nSPS) is 22.0. The molecular weight excluding hydrogens is 276 g/mol. The number of esters is 1. The SMILES string of the molecule is CCO[C@H]1CCN(C)[C@@H]1C(=O)NCC(=O)CCC(=O)OC. The number of hydrogen-bond acceptors (Lipinski definition) is 6. The average Bonchev–Trinajstić information content (AvgIpc) is 2.83. The first-order valence-electron chi connectivity index (χ1n) is 7.17. The predicted molar refractivity (Wildman–Crippen MR) is 75.7 cm³/mol. The first-order valence-corrected chi connectivity index (χ1v) is 7.17. The summed E-state index contributed by atoms with van der Waals surface area (Å²) < 4.78 is 10.0. The Bertz CT molecular complexity index is 384. The lowest BCUT2D eigenvalue weighted by atomic mass is 10.1. The third-order valence-electron chi connectivity index (χ3n) is 3.54. The van der Waals surface area contributed by atoms with E-state index in [-0.39, 0.29) is 43.2 Å². The van der Waals surface area contributed by atoms with Crippen molar-refractivity contribution in [3.8, 4) is 0 Å². The maximum absolute atomic E-state index is 12.2. The van der Waals surface area contributed by atoms with Gasteiger partial charge in [0.2, 0.25) is 5.91 Å². The van der Waals surface area contributed by atoms with Gasteiger partial charge >= 0.3 is 5.97 Å². The van der Waals surface area contributed by atoms with Crippen molar-refractivity contribution < 1.29 is 23.9 Å². The van der Waals surface area contributed by atoms with Crippen molar-refractivity contribution in [2.24, 2.45) is 0 Å². The second-order valence-corrected chi connectivity index (χ2v) is 5.04. The monoisotopic (exact) mass is 300 g/mol. The van der Waals surface area contributed by atoms with Crippen LogP contribution in [0.5, 0.6) is 0 Å². The van der Waals surface area contributed by atoms with E-state index >= 15 is 0 Å². The lowest BCUT2D eigenvalue weighted by Gasteiger charge is -2.23. The number of carbonyl (C=O) groups is 3. The van der Waals surface area contributed by atoms with Crippen LogP contribution in [-0.2, 0) is 23.9 Å². The molecule has 1 aliphatic rings.